The van der Waals surface area contributed by atoms with Gasteiger partial charge in [0.25, 0.3) is 0 Å². The smallest absolute Gasteiger partial charge is 0.168 e. The fourth-order valence-electron chi connectivity index (χ4n) is 1.62. The van der Waals surface area contributed by atoms with Crippen molar-refractivity contribution in [3.05, 3.63) is 41.7 Å². The predicted octanol–water partition coefficient (Wildman–Crippen LogP) is 3.14. The first-order valence-corrected chi connectivity index (χ1v) is 4.76. The molecule has 0 fully saturated rings. The zero-order chi connectivity index (χ0) is 11.7. The highest BCUT2D eigenvalue weighted by atomic mass is 19.2. The molecule has 1 atom stereocenters. The molecule has 4 heteroatoms. The molecule has 0 radical (unpaired) electrons. The van der Waals surface area contributed by atoms with Gasteiger partial charge in [0.1, 0.15) is 0 Å². The molecule has 0 spiro atoms. The Balaban J connectivity index is 2.81. The first-order chi connectivity index (χ1) is 7.65. The summed E-state index contributed by atoms with van der Waals surface area (Å²) in [5.74, 6) is -2.23. The van der Waals surface area contributed by atoms with Gasteiger partial charge in [0.15, 0.2) is 11.6 Å². The maximum Gasteiger partial charge on any atom is 0.168 e. The van der Waals surface area contributed by atoms with Crippen molar-refractivity contribution in [2.45, 2.75) is 12.8 Å². The average molecular weight is 218 g/mol. The van der Waals surface area contributed by atoms with Crippen LogP contribution in [0.5, 0.6) is 0 Å². The number of hydrogen-bond donors (Lipinski definition) is 0. The molecule has 1 heterocycles. The fraction of sp³-hybridized carbons (Fsp3) is 0.167. The summed E-state index contributed by atoms with van der Waals surface area (Å²) >= 11 is 0. The van der Waals surface area contributed by atoms with Crippen LogP contribution >= 0.6 is 0 Å². The Bertz CT molecular complexity index is 587. The summed E-state index contributed by atoms with van der Waals surface area (Å²) in [6, 6.07) is 4.58. The minimum atomic E-state index is -0.919. The molecule has 2 rings (SSSR count). The van der Waals surface area contributed by atoms with Crippen molar-refractivity contribution in [3.63, 3.8) is 0 Å². The first-order valence-electron chi connectivity index (χ1n) is 4.76. The summed E-state index contributed by atoms with van der Waals surface area (Å²) in [5, 5.41) is 9.47. The van der Waals surface area contributed by atoms with Gasteiger partial charge in [-0.05, 0) is 23.9 Å². The number of nitriles is 1. The molecule has 0 saturated heterocycles. The summed E-state index contributed by atoms with van der Waals surface area (Å²) < 4.78 is 26.4. The highest BCUT2D eigenvalue weighted by molar-refractivity contribution is 5.86. The SMILES string of the molecule is C[C@H](C#N)c1cncc2c(F)c(F)ccc12. The first kappa shape index (κ1) is 10.5. The summed E-state index contributed by atoms with van der Waals surface area (Å²) in [5.41, 5.74) is 0.610. The summed E-state index contributed by atoms with van der Waals surface area (Å²) in [7, 11) is 0. The van der Waals surface area contributed by atoms with Crippen LogP contribution in [0.4, 0.5) is 8.78 Å². The van der Waals surface area contributed by atoms with Crippen molar-refractivity contribution >= 4 is 10.8 Å². The molecule has 0 aliphatic heterocycles. The molecule has 0 unspecified atom stereocenters. The van der Waals surface area contributed by atoms with Crippen LogP contribution in [0.2, 0.25) is 0 Å². The van der Waals surface area contributed by atoms with Crippen LogP contribution in [0.15, 0.2) is 24.5 Å². The molecule has 0 bridgehead atoms. The van der Waals surface area contributed by atoms with E-state index in [9.17, 15) is 8.78 Å². The summed E-state index contributed by atoms with van der Waals surface area (Å²) in [6.45, 7) is 1.69. The Labute approximate surface area is 91.2 Å². The van der Waals surface area contributed by atoms with Crippen LogP contribution in [0.25, 0.3) is 10.8 Å². The van der Waals surface area contributed by atoms with E-state index in [1.54, 1.807) is 6.92 Å². The zero-order valence-electron chi connectivity index (χ0n) is 8.54. The number of hydrogen-bond acceptors (Lipinski definition) is 2. The number of pyridine rings is 1. The van der Waals surface area contributed by atoms with Gasteiger partial charge in [0, 0.05) is 17.8 Å². The van der Waals surface area contributed by atoms with Crippen molar-refractivity contribution in [3.8, 4) is 6.07 Å². The molecule has 0 amide bonds. The van der Waals surface area contributed by atoms with E-state index < -0.39 is 17.6 Å². The average Bonchev–Trinajstić information content (AvgIpc) is 2.32. The second-order valence-corrected chi connectivity index (χ2v) is 3.54. The zero-order valence-corrected chi connectivity index (χ0v) is 8.54. The molecule has 16 heavy (non-hydrogen) atoms. The lowest BCUT2D eigenvalue weighted by Crippen LogP contribution is -1.95. The van der Waals surface area contributed by atoms with Crippen LogP contribution in [0.1, 0.15) is 18.4 Å². The van der Waals surface area contributed by atoms with E-state index in [2.05, 4.69) is 11.1 Å². The van der Waals surface area contributed by atoms with Gasteiger partial charge >= 0.3 is 0 Å². The summed E-state index contributed by atoms with van der Waals surface area (Å²) in [6.07, 6.45) is 2.77. The lowest BCUT2D eigenvalue weighted by Gasteiger charge is -2.07. The van der Waals surface area contributed by atoms with Gasteiger partial charge in [-0.25, -0.2) is 8.78 Å². The van der Waals surface area contributed by atoms with Crippen molar-refractivity contribution in [2.75, 3.05) is 0 Å². The molecular formula is C12H8F2N2. The topological polar surface area (TPSA) is 36.7 Å². The Morgan fingerprint density at radius 3 is 2.69 bits per heavy atom. The minimum absolute atomic E-state index is 0.111. The highest BCUT2D eigenvalue weighted by Crippen LogP contribution is 2.26. The second kappa shape index (κ2) is 3.86. The molecule has 0 aliphatic carbocycles. The number of rotatable bonds is 1. The third-order valence-corrected chi connectivity index (χ3v) is 2.52. The molecule has 0 N–H and O–H groups in total. The third-order valence-electron chi connectivity index (χ3n) is 2.52. The van der Waals surface area contributed by atoms with Crippen molar-refractivity contribution < 1.29 is 8.78 Å². The van der Waals surface area contributed by atoms with E-state index >= 15 is 0 Å². The molecule has 0 aliphatic rings. The van der Waals surface area contributed by atoms with Gasteiger partial charge in [-0.2, -0.15) is 5.26 Å². The van der Waals surface area contributed by atoms with Gasteiger partial charge in [-0.1, -0.05) is 6.07 Å². The van der Waals surface area contributed by atoms with Crippen molar-refractivity contribution in [1.82, 2.24) is 4.98 Å². The maximum atomic E-state index is 13.4. The van der Waals surface area contributed by atoms with Crippen molar-refractivity contribution in [1.29, 1.82) is 5.26 Å². The Morgan fingerprint density at radius 2 is 2.00 bits per heavy atom. The van der Waals surface area contributed by atoms with Crippen LogP contribution in [0, 0.1) is 23.0 Å². The normalized spacial score (nSPS) is 12.4. The number of halogens is 2. The quantitative estimate of drug-likeness (QED) is 0.737. The van der Waals surface area contributed by atoms with Gasteiger partial charge < -0.3 is 0 Å². The van der Waals surface area contributed by atoms with Crippen LogP contribution < -0.4 is 0 Å². The predicted molar refractivity (Wildman–Crippen MR) is 55.7 cm³/mol. The lowest BCUT2D eigenvalue weighted by atomic mass is 9.98. The second-order valence-electron chi connectivity index (χ2n) is 3.54. The molecule has 1 aromatic carbocycles. The van der Waals surface area contributed by atoms with Gasteiger partial charge in [-0.15, -0.1) is 0 Å². The molecule has 2 nitrogen and oxygen atoms in total. The number of nitrogens with zero attached hydrogens (tertiary/aromatic N) is 2. The van der Waals surface area contributed by atoms with Gasteiger partial charge in [0.2, 0.25) is 0 Å². The largest absolute Gasteiger partial charge is 0.264 e. The third kappa shape index (κ3) is 1.50. The fourth-order valence-corrected chi connectivity index (χ4v) is 1.62. The van der Waals surface area contributed by atoms with Gasteiger partial charge in [-0.3, -0.25) is 4.98 Å². The molecular weight excluding hydrogens is 210 g/mol. The standard InChI is InChI=1S/C12H8F2N2/c1-7(4-15)9-5-16-6-10-8(9)2-3-11(13)12(10)14/h2-3,5-7H,1H3/t7-/m1/s1. The summed E-state index contributed by atoms with van der Waals surface area (Å²) in [4.78, 5) is 3.83. The highest BCUT2D eigenvalue weighted by Gasteiger charge is 2.13. The Kier molecular flexibility index (Phi) is 2.53. The minimum Gasteiger partial charge on any atom is -0.264 e. The molecule has 2 aromatic rings. The van der Waals surface area contributed by atoms with Crippen molar-refractivity contribution in [2.24, 2.45) is 0 Å². The van der Waals surface area contributed by atoms with E-state index in [0.29, 0.717) is 10.9 Å². The Morgan fingerprint density at radius 1 is 1.25 bits per heavy atom. The lowest BCUT2D eigenvalue weighted by molar-refractivity contribution is 0.516. The maximum absolute atomic E-state index is 13.4. The number of fused-ring (bicyclic) bond motifs is 1. The van der Waals surface area contributed by atoms with E-state index in [-0.39, 0.29) is 5.39 Å². The Hall–Kier alpha value is -2.02. The molecule has 80 valence electrons. The molecule has 0 saturated carbocycles. The number of aromatic nitrogens is 1. The van der Waals surface area contributed by atoms with Gasteiger partial charge in [0.05, 0.1) is 12.0 Å². The van der Waals surface area contributed by atoms with E-state index in [0.717, 1.165) is 6.07 Å². The number of benzene rings is 1. The van der Waals surface area contributed by atoms with E-state index in [1.165, 1.54) is 18.5 Å². The van der Waals surface area contributed by atoms with E-state index in [4.69, 9.17) is 5.26 Å². The van der Waals surface area contributed by atoms with E-state index in [1.807, 2.05) is 0 Å². The van der Waals surface area contributed by atoms with Crippen LogP contribution in [0.3, 0.4) is 0 Å². The van der Waals surface area contributed by atoms with Crippen LogP contribution in [-0.2, 0) is 0 Å². The van der Waals surface area contributed by atoms with Crippen LogP contribution in [-0.4, -0.2) is 4.98 Å². The monoisotopic (exact) mass is 218 g/mol. The molecule has 1 aromatic heterocycles.